The highest BCUT2D eigenvalue weighted by Gasteiger charge is 2.08. The molecule has 1 atom stereocenters. The lowest BCUT2D eigenvalue weighted by Gasteiger charge is -2.14. The van der Waals surface area contributed by atoms with E-state index in [4.69, 9.17) is 0 Å². The Morgan fingerprint density at radius 2 is 1.94 bits per heavy atom. The van der Waals surface area contributed by atoms with E-state index >= 15 is 0 Å². The Bertz CT molecular complexity index is 359. The van der Waals surface area contributed by atoms with Gasteiger partial charge in [0, 0.05) is 6.42 Å². The van der Waals surface area contributed by atoms with Gasteiger partial charge in [0.2, 0.25) is 5.91 Å². The molecular weight excluding hydrogens is 224 g/mol. The summed E-state index contributed by atoms with van der Waals surface area (Å²) in [5, 5.41) is 6.07. The highest BCUT2D eigenvalue weighted by atomic mass is 16.1. The molecule has 1 rings (SSSR count). The molecule has 0 aliphatic heterocycles. The van der Waals surface area contributed by atoms with E-state index in [1.165, 1.54) is 5.56 Å². The molecule has 0 saturated heterocycles. The van der Waals surface area contributed by atoms with E-state index in [9.17, 15) is 4.79 Å². The van der Waals surface area contributed by atoms with Gasteiger partial charge in [-0.1, -0.05) is 31.2 Å². The first-order chi connectivity index (χ1) is 8.67. The van der Waals surface area contributed by atoms with Gasteiger partial charge in [-0.25, -0.2) is 0 Å². The maximum Gasteiger partial charge on any atom is 0.220 e. The first-order valence-corrected chi connectivity index (χ1v) is 6.70. The minimum absolute atomic E-state index is 0.0815. The zero-order valence-corrected chi connectivity index (χ0v) is 11.6. The number of amides is 1. The molecular formula is C15H24N2O. The van der Waals surface area contributed by atoms with Crippen LogP contribution in [0, 0.1) is 0 Å². The van der Waals surface area contributed by atoms with Crippen molar-refractivity contribution in [1.29, 1.82) is 0 Å². The average molecular weight is 248 g/mol. The van der Waals surface area contributed by atoms with Crippen LogP contribution in [-0.2, 0) is 11.2 Å². The van der Waals surface area contributed by atoms with Crippen molar-refractivity contribution >= 4 is 5.91 Å². The van der Waals surface area contributed by atoms with Crippen LogP contribution in [0.5, 0.6) is 0 Å². The monoisotopic (exact) mass is 248 g/mol. The Kier molecular flexibility index (Phi) is 6.44. The first-order valence-electron chi connectivity index (χ1n) is 6.70. The summed E-state index contributed by atoms with van der Waals surface area (Å²) in [5.74, 6) is 0.123. The summed E-state index contributed by atoms with van der Waals surface area (Å²) >= 11 is 0. The van der Waals surface area contributed by atoms with E-state index in [0.29, 0.717) is 6.42 Å². The van der Waals surface area contributed by atoms with Crippen molar-refractivity contribution in [3.63, 3.8) is 0 Å². The van der Waals surface area contributed by atoms with Crippen LogP contribution < -0.4 is 10.6 Å². The van der Waals surface area contributed by atoms with Crippen LogP contribution in [0.25, 0.3) is 0 Å². The number of carbonyl (C=O) groups is 1. The summed E-state index contributed by atoms with van der Waals surface area (Å²) < 4.78 is 0. The van der Waals surface area contributed by atoms with Crippen molar-refractivity contribution < 1.29 is 4.79 Å². The third-order valence-electron chi connectivity index (χ3n) is 3.10. The molecule has 0 saturated carbocycles. The molecule has 1 aromatic rings. The molecule has 1 unspecified atom stereocenters. The highest BCUT2D eigenvalue weighted by Crippen LogP contribution is 2.13. The maximum atomic E-state index is 11.7. The molecule has 1 amide bonds. The number of hydrogen-bond donors (Lipinski definition) is 2. The van der Waals surface area contributed by atoms with Crippen molar-refractivity contribution in [3.05, 3.63) is 35.4 Å². The van der Waals surface area contributed by atoms with Crippen LogP contribution in [0.2, 0.25) is 0 Å². The van der Waals surface area contributed by atoms with E-state index in [1.54, 1.807) is 0 Å². The molecule has 2 N–H and O–H groups in total. The smallest absolute Gasteiger partial charge is 0.220 e. The van der Waals surface area contributed by atoms with Gasteiger partial charge in [0.15, 0.2) is 0 Å². The summed E-state index contributed by atoms with van der Waals surface area (Å²) in [5.41, 5.74) is 2.49. The fourth-order valence-corrected chi connectivity index (χ4v) is 1.86. The van der Waals surface area contributed by atoms with Crippen molar-refractivity contribution in [2.45, 2.75) is 39.2 Å². The van der Waals surface area contributed by atoms with E-state index in [0.717, 1.165) is 24.9 Å². The summed E-state index contributed by atoms with van der Waals surface area (Å²) in [6, 6.07) is 8.52. The van der Waals surface area contributed by atoms with Crippen molar-refractivity contribution in [2.75, 3.05) is 13.6 Å². The summed E-state index contributed by atoms with van der Waals surface area (Å²) in [7, 11) is 1.90. The van der Waals surface area contributed by atoms with Gasteiger partial charge >= 0.3 is 0 Å². The minimum atomic E-state index is 0.0815. The molecule has 3 heteroatoms. The lowest BCUT2D eigenvalue weighted by atomic mass is 10.0. The van der Waals surface area contributed by atoms with Gasteiger partial charge in [0.05, 0.1) is 6.04 Å². The molecule has 0 heterocycles. The molecule has 1 aromatic carbocycles. The number of nitrogens with one attached hydrogen (secondary N) is 2. The first kappa shape index (κ1) is 14.7. The summed E-state index contributed by atoms with van der Waals surface area (Å²) in [4.78, 5) is 11.7. The van der Waals surface area contributed by atoms with Crippen LogP contribution >= 0.6 is 0 Å². The minimum Gasteiger partial charge on any atom is -0.350 e. The number of aryl methyl sites for hydroxylation is 1. The molecule has 100 valence electrons. The summed E-state index contributed by atoms with van der Waals surface area (Å²) in [6.07, 6.45) is 2.51. The van der Waals surface area contributed by atoms with Crippen molar-refractivity contribution in [2.24, 2.45) is 0 Å². The van der Waals surface area contributed by atoms with Crippen molar-refractivity contribution in [3.8, 4) is 0 Å². The normalized spacial score (nSPS) is 12.2. The second-order valence-electron chi connectivity index (χ2n) is 4.59. The van der Waals surface area contributed by atoms with E-state index in [2.05, 4.69) is 41.8 Å². The van der Waals surface area contributed by atoms with Crippen LogP contribution in [0.1, 0.15) is 43.9 Å². The predicted octanol–water partition coefficient (Wildman–Crippen LogP) is 2.43. The molecule has 0 fully saturated rings. The predicted molar refractivity (Wildman–Crippen MR) is 75.5 cm³/mol. The van der Waals surface area contributed by atoms with Crippen LogP contribution in [-0.4, -0.2) is 19.5 Å². The second-order valence-corrected chi connectivity index (χ2v) is 4.59. The van der Waals surface area contributed by atoms with Crippen LogP contribution in [0.3, 0.4) is 0 Å². The van der Waals surface area contributed by atoms with Gasteiger partial charge in [-0.2, -0.15) is 0 Å². The third kappa shape index (κ3) is 4.88. The Hall–Kier alpha value is -1.35. The van der Waals surface area contributed by atoms with Gasteiger partial charge < -0.3 is 10.6 Å². The van der Waals surface area contributed by atoms with Gasteiger partial charge in [-0.3, -0.25) is 4.79 Å². The van der Waals surface area contributed by atoms with E-state index < -0.39 is 0 Å². The number of benzene rings is 1. The SMILES string of the molecule is CCc1ccc(C(C)NC(=O)CCCNC)cc1. The Labute approximate surface area is 110 Å². The third-order valence-corrected chi connectivity index (χ3v) is 3.10. The molecule has 0 aliphatic carbocycles. The lowest BCUT2D eigenvalue weighted by molar-refractivity contribution is -0.121. The van der Waals surface area contributed by atoms with Gasteiger partial charge in [0.25, 0.3) is 0 Å². The topological polar surface area (TPSA) is 41.1 Å². The molecule has 0 bridgehead atoms. The zero-order chi connectivity index (χ0) is 13.4. The Balaban J connectivity index is 2.43. The second kappa shape index (κ2) is 7.88. The molecule has 0 aromatic heterocycles. The van der Waals surface area contributed by atoms with Gasteiger partial charge in [0.1, 0.15) is 0 Å². The van der Waals surface area contributed by atoms with E-state index in [-0.39, 0.29) is 11.9 Å². The molecule has 0 aliphatic rings. The fraction of sp³-hybridized carbons (Fsp3) is 0.533. The largest absolute Gasteiger partial charge is 0.350 e. The number of rotatable bonds is 7. The Morgan fingerprint density at radius 1 is 1.28 bits per heavy atom. The number of carbonyl (C=O) groups excluding carboxylic acids is 1. The quantitative estimate of drug-likeness (QED) is 0.728. The van der Waals surface area contributed by atoms with E-state index in [1.807, 2.05) is 14.0 Å². The van der Waals surface area contributed by atoms with Crippen LogP contribution in [0.4, 0.5) is 0 Å². The fourth-order valence-electron chi connectivity index (χ4n) is 1.86. The lowest BCUT2D eigenvalue weighted by Crippen LogP contribution is -2.27. The number of hydrogen-bond acceptors (Lipinski definition) is 2. The molecule has 3 nitrogen and oxygen atoms in total. The maximum absolute atomic E-state index is 11.7. The van der Waals surface area contributed by atoms with Gasteiger partial charge in [-0.15, -0.1) is 0 Å². The molecule has 18 heavy (non-hydrogen) atoms. The highest BCUT2D eigenvalue weighted by molar-refractivity contribution is 5.76. The zero-order valence-electron chi connectivity index (χ0n) is 11.6. The Morgan fingerprint density at radius 3 is 2.50 bits per heavy atom. The van der Waals surface area contributed by atoms with Crippen molar-refractivity contribution in [1.82, 2.24) is 10.6 Å². The molecule has 0 radical (unpaired) electrons. The summed E-state index contributed by atoms with van der Waals surface area (Å²) in [6.45, 7) is 5.05. The van der Waals surface area contributed by atoms with Gasteiger partial charge in [-0.05, 0) is 44.5 Å². The average Bonchev–Trinajstić information content (AvgIpc) is 2.39. The molecule has 0 spiro atoms. The van der Waals surface area contributed by atoms with Crippen LogP contribution in [0.15, 0.2) is 24.3 Å². The standard InChI is InChI=1S/C15H24N2O/c1-4-13-7-9-14(10-8-13)12(2)17-15(18)6-5-11-16-3/h7-10,12,16H,4-6,11H2,1-3H3,(H,17,18).